The first-order chi connectivity index (χ1) is 13.3. The van der Waals surface area contributed by atoms with E-state index in [0.29, 0.717) is 18.0 Å². The molecule has 7 heteroatoms. The highest BCUT2D eigenvalue weighted by molar-refractivity contribution is 7.16. The van der Waals surface area contributed by atoms with Gasteiger partial charge in [0.05, 0.1) is 11.3 Å². The third-order valence-corrected chi connectivity index (χ3v) is 7.09. The molecule has 0 spiro atoms. The van der Waals surface area contributed by atoms with Gasteiger partial charge in [0.25, 0.3) is 0 Å². The normalized spacial score (nSPS) is 25.0. The summed E-state index contributed by atoms with van der Waals surface area (Å²) in [4.78, 5) is 27.5. The minimum absolute atomic E-state index is 0.185. The zero-order valence-corrected chi connectivity index (χ0v) is 16.5. The highest BCUT2D eigenvalue weighted by atomic mass is 32.1. The molecule has 0 aromatic carbocycles. The fourth-order valence-electron chi connectivity index (χ4n) is 4.57. The largest absolute Gasteiger partial charge is 0.356 e. The fraction of sp³-hybridized carbons (Fsp3) is 0.650. The standard InChI is InChI=1S/C20H27N5OS/c26-19(23-15-3-4-15)14-2-1-8-25(12-14)16-5-9-24(10-6-16)18-17-7-11-27-20(17)22-13-21-18/h7,11,13-16H,1-6,8-10,12H2,(H,23,26). The first kappa shape index (κ1) is 17.4. The molecule has 5 rings (SSSR count). The number of piperidine rings is 2. The van der Waals surface area contributed by atoms with Crippen LogP contribution < -0.4 is 10.2 Å². The number of aromatic nitrogens is 2. The molecular weight excluding hydrogens is 358 g/mol. The number of carbonyl (C=O) groups excluding carboxylic acids is 1. The lowest BCUT2D eigenvalue weighted by Crippen LogP contribution is -2.51. The maximum atomic E-state index is 12.5. The van der Waals surface area contributed by atoms with Gasteiger partial charge in [-0.25, -0.2) is 9.97 Å². The van der Waals surface area contributed by atoms with Crippen molar-refractivity contribution in [3.05, 3.63) is 17.8 Å². The molecule has 4 heterocycles. The van der Waals surface area contributed by atoms with Crippen molar-refractivity contribution in [2.75, 3.05) is 31.1 Å². The molecule has 3 aliphatic rings. The number of anilines is 1. The molecule has 2 aliphatic heterocycles. The van der Waals surface area contributed by atoms with E-state index in [1.54, 1.807) is 17.7 Å². The first-order valence-corrected chi connectivity index (χ1v) is 11.1. The summed E-state index contributed by atoms with van der Waals surface area (Å²) >= 11 is 1.68. The number of carbonyl (C=O) groups is 1. The quantitative estimate of drug-likeness (QED) is 0.877. The summed E-state index contributed by atoms with van der Waals surface area (Å²) in [7, 11) is 0. The van der Waals surface area contributed by atoms with E-state index < -0.39 is 0 Å². The Morgan fingerprint density at radius 3 is 2.78 bits per heavy atom. The molecule has 1 amide bonds. The number of likely N-dealkylation sites (tertiary alicyclic amines) is 1. The van der Waals surface area contributed by atoms with Crippen molar-refractivity contribution in [1.29, 1.82) is 0 Å². The minimum atomic E-state index is 0.185. The SMILES string of the molecule is O=C(NC1CC1)C1CCCN(C2CCN(c3ncnc4sccc34)CC2)C1. The van der Waals surface area contributed by atoms with Gasteiger partial charge in [-0.15, -0.1) is 11.3 Å². The third-order valence-electron chi connectivity index (χ3n) is 6.27. The van der Waals surface area contributed by atoms with Crippen LogP contribution in [-0.4, -0.2) is 59.0 Å². The van der Waals surface area contributed by atoms with Crippen LogP contribution in [0.4, 0.5) is 5.82 Å². The highest BCUT2D eigenvalue weighted by Crippen LogP contribution is 2.31. The maximum absolute atomic E-state index is 12.5. The minimum Gasteiger partial charge on any atom is -0.356 e. The van der Waals surface area contributed by atoms with E-state index in [-0.39, 0.29) is 5.92 Å². The maximum Gasteiger partial charge on any atom is 0.224 e. The number of hydrogen-bond donors (Lipinski definition) is 1. The molecule has 2 saturated heterocycles. The second-order valence-electron chi connectivity index (χ2n) is 8.17. The van der Waals surface area contributed by atoms with Crippen molar-refractivity contribution in [3.8, 4) is 0 Å². The van der Waals surface area contributed by atoms with Gasteiger partial charge in [-0.1, -0.05) is 0 Å². The number of rotatable bonds is 4. The average molecular weight is 386 g/mol. The van der Waals surface area contributed by atoms with E-state index in [0.717, 1.165) is 62.5 Å². The van der Waals surface area contributed by atoms with E-state index in [1.165, 1.54) is 18.2 Å². The molecule has 144 valence electrons. The van der Waals surface area contributed by atoms with Gasteiger partial charge in [-0.2, -0.15) is 0 Å². The van der Waals surface area contributed by atoms with Crippen LogP contribution in [0.25, 0.3) is 10.2 Å². The topological polar surface area (TPSA) is 61.4 Å². The molecular formula is C20H27N5OS. The number of hydrogen-bond acceptors (Lipinski definition) is 6. The van der Waals surface area contributed by atoms with Gasteiger partial charge in [-0.05, 0) is 56.5 Å². The molecule has 0 bridgehead atoms. The Morgan fingerprint density at radius 2 is 1.96 bits per heavy atom. The number of fused-ring (bicyclic) bond motifs is 1. The van der Waals surface area contributed by atoms with Crippen molar-refractivity contribution in [2.24, 2.45) is 5.92 Å². The molecule has 2 aromatic heterocycles. The fourth-order valence-corrected chi connectivity index (χ4v) is 5.30. The molecule has 1 N–H and O–H groups in total. The lowest BCUT2D eigenvalue weighted by Gasteiger charge is -2.42. The van der Waals surface area contributed by atoms with Crippen LogP contribution in [0.1, 0.15) is 38.5 Å². The van der Waals surface area contributed by atoms with Gasteiger partial charge in [0.1, 0.15) is 17.0 Å². The second-order valence-corrected chi connectivity index (χ2v) is 9.07. The number of amides is 1. The van der Waals surface area contributed by atoms with Gasteiger partial charge < -0.3 is 10.2 Å². The number of nitrogens with one attached hydrogen (secondary N) is 1. The van der Waals surface area contributed by atoms with Crippen LogP contribution in [-0.2, 0) is 4.79 Å². The van der Waals surface area contributed by atoms with E-state index in [9.17, 15) is 4.79 Å². The van der Waals surface area contributed by atoms with Gasteiger partial charge in [0.15, 0.2) is 0 Å². The van der Waals surface area contributed by atoms with E-state index in [2.05, 4.69) is 36.5 Å². The van der Waals surface area contributed by atoms with E-state index in [1.807, 2.05) is 0 Å². The summed E-state index contributed by atoms with van der Waals surface area (Å²) in [6.07, 6.45) is 8.50. The van der Waals surface area contributed by atoms with E-state index >= 15 is 0 Å². The molecule has 3 fully saturated rings. The van der Waals surface area contributed by atoms with Crippen LogP contribution in [0.2, 0.25) is 0 Å². The molecule has 6 nitrogen and oxygen atoms in total. The van der Waals surface area contributed by atoms with Gasteiger partial charge in [-0.3, -0.25) is 9.69 Å². The molecule has 1 unspecified atom stereocenters. The summed E-state index contributed by atoms with van der Waals surface area (Å²) in [5, 5.41) is 6.47. The highest BCUT2D eigenvalue weighted by Gasteiger charge is 2.34. The summed E-state index contributed by atoms with van der Waals surface area (Å²) in [6.45, 7) is 4.13. The summed E-state index contributed by atoms with van der Waals surface area (Å²) < 4.78 is 0. The molecule has 1 aliphatic carbocycles. The Hall–Kier alpha value is -1.73. The molecule has 1 atom stereocenters. The predicted octanol–water partition coefficient (Wildman–Crippen LogP) is 2.65. The number of thiophene rings is 1. The Balaban J connectivity index is 1.20. The summed E-state index contributed by atoms with van der Waals surface area (Å²) in [6, 6.07) is 3.20. The van der Waals surface area contributed by atoms with Crippen molar-refractivity contribution in [2.45, 2.75) is 50.6 Å². The van der Waals surface area contributed by atoms with Crippen molar-refractivity contribution in [1.82, 2.24) is 20.2 Å². The van der Waals surface area contributed by atoms with E-state index in [4.69, 9.17) is 0 Å². The smallest absolute Gasteiger partial charge is 0.224 e. The molecule has 0 radical (unpaired) electrons. The zero-order chi connectivity index (χ0) is 18.2. The molecule has 1 saturated carbocycles. The van der Waals surface area contributed by atoms with Crippen molar-refractivity contribution < 1.29 is 4.79 Å². The van der Waals surface area contributed by atoms with Gasteiger partial charge in [0.2, 0.25) is 5.91 Å². The third kappa shape index (κ3) is 3.67. The average Bonchev–Trinajstić information content (AvgIpc) is 3.40. The Kier molecular flexibility index (Phi) is 4.73. The lowest BCUT2D eigenvalue weighted by molar-refractivity contribution is -0.127. The van der Waals surface area contributed by atoms with Crippen LogP contribution in [0.5, 0.6) is 0 Å². The molecule has 27 heavy (non-hydrogen) atoms. The van der Waals surface area contributed by atoms with Crippen molar-refractivity contribution in [3.63, 3.8) is 0 Å². The zero-order valence-electron chi connectivity index (χ0n) is 15.6. The first-order valence-electron chi connectivity index (χ1n) is 10.3. The van der Waals surface area contributed by atoms with Crippen LogP contribution in [0, 0.1) is 5.92 Å². The Bertz CT molecular complexity index is 812. The summed E-state index contributed by atoms with van der Waals surface area (Å²) in [5.74, 6) is 1.56. The molecule has 2 aromatic rings. The van der Waals surface area contributed by atoms with Crippen LogP contribution in [0.15, 0.2) is 17.8 Å². The van der Waals surface area contributed by atoms with Gasteiger partial charge in [0, 0.05) is 31.7 Å². The monoisotopic (exact) mass is 385 g/mol. The van der Waals surface area contributed by atoms with Crippen LogP contribution >= 0.6 is 11.3 Å². The van der Waals surface area contributed by atoms with Crippen LogP contribution in [0.3, 0.4) is 0 Å². The lowest BCUT2D eigenvalue weighted by atomic mass is 9.93. The predicted molar refractivity (Wildman–Crippen MR) is 108 cm³/mol. The van der Waals surface area contributed by atoms with Gasteiger partial charge >= 0.3 is 0 Å². The van der Waals surface area contributed by atoms with Crippen molar-refractivity contribution >= 4 is 33.3 Å². The summed E-state index contributed by atoms with van der Waals surface area (Å²) in [5.41, 5.74) is 0. The number of nitrogens with zero attached hydrogens (tertiary/aromatic N) is 4. The Labute approximate surface area is 164 Å². The second kappa shape index (κ2) is 7.36. The Morgan fingerprint density at radius 1 is 1.11 bits per heavy atom.